The lowest BCUT2D eigenvalue weighted by atomic mass is 9.98. The van der Waals surface area contributed by atoms with E-state index >= 15 is 0 Å². The number of amides is 1. The molecule has 102 valence electrons. The summed E-state index contributed by atoms with van der Waals surface area (Å²) >= 11 is 5.03. The van der Waals surface area contributed by atoms with Crippen molar-refractivity contribution in [2.45, 2.75) is 12.8 Å². The molecule has 0 fully saturated rings. The van der Waals surface area contributed by atoms with Gasteiger partial charge in [0.25, 0.3) is 0 Å². The minimum Gasteiger partial charge on any atom is -0.392 e. The number of aromatic nitrogens is 1. The molecule has 3 N–H and O–H groups in total. The molecule has 1 amide bonds. The van der Waals surface area contributed by atoms with Crippen LogP contribution in [0.5, 0.6) is 0 Å². The van der Waals surface area contributed by atoms with Gasteiger partial charge in [-0.25, -0.2) is 0 Å². The summed E-state index contributed by atoms with van der Waals surface area (Å²) in [7, 11) is 0. The highest BCUT2D eigenvalue weighted by atomic mass is 32.1. The summed E-state index contributed by atoms with van der Waals surface area (Å²) < 4.78 is 0. The van der Waals surface area contributed by atoms with Crippen molar-refractivity contribution in [1.82, 2.24) is 4.98 Å². The molecule has 1 unspecified atom stereocenters. The van der Waals surface area contributed by atoms with Crippen molar-refractivity contribution in [2.75, 3.05) is 5.32 Å². The minimum absolute atomic E-state index is 0.153. The first-order valence-corrected chi connectivity index (χ1v) is 6.56. The Labute approximate surface area is 123 Å². The van der Waals surface area contributed by atoms with Crippen LogP contribution in [-0.2, 0) is 4.79 Å². The van der Waals surface area contributed by atoms with E-state index in [2.05, 4.69) is 10.3 Å². The monoisotopic (exact) mass is 285 g/mol. The summed E-state index contributed by atoms with van der Waals surface area (Å²) in [5, 5.41) is 2.84. The van der Waals surface area contributed by atoms with Crippen LogP contribution in [0, 0.1) is 6.92 Å². The highest BCUT2D eigenvalue weighted by molar-refractivity contribution is 7.80. The second kappa shape index (κ2) is 6.25. The molecule has 0 spiro atoms. The number of aryl methyl sites for hydroxylation is 1. The van der Waals surface area contributed by atoms with Gasteiger partial charge in [0, 0.05) is 18.1 Å². The zero-order valence-electron chi connectivity index (χ0n) is 11.0. The maximum absolute atomic E-state index is 12.4. The van der Waals surface area contributed by atoms with Crippen molar-refractivity contribution < 1.29 is 4.79 Å². The summed E-state index contributed by atoms with van der Waals surface area (Å²) in [5.74, 6) is -0.878. The molecule has 1 heterocycles. The van der Waals surface area contributed by atoms with E-state index in [9.17, 15) is 4.79 Å². The molecule has 0 radical (unpaired) electrons. The van der Waals surface area contributed by atoms with Gasteiger partial charge in [-0.1, -0.05) is 42.5 Å². The molecule has 2 rings (SSSR count). The molecule has 5 heteroatoms. The predicted octanol–water partition coefficient (Wildman–Crippen LogP) is 2.40. The van der Waals surface area contributed by atoms with Gasteiger partial charge in [-0.2, -0.15) is 0 Å². The summed E-state index contributed by atoms with van der Waals surface area (Å²) in [5.41, 5.74) is 8.10. The van der Waals surface area contributed by atoms with Crippen LogP contribution >= 0.6 is 12.2 Å². The molecular formula is C15H15N3OS. The normalized spacial score (nSPS) is 11.7. The van der Waals surface area contributed by atoms with Gasteiger partial charge in [0.1, 0.15) is 5.92 Å². The van der Waals surface area contributed by atoms with Crippen LogP contribution in [0.3, 0.4) is 0 Å². The molecule has 1 aromatic heterocycles. The van der Waals surface area contributed by atoms with Crippen molar-refractivity contribution >= 4 is 28.8 Å². The van der Waals surface area contributed by atoms with Crippen molar-refractivity contribution in [3.8, 4) is 0 Å². The maximum atomic E-state index is 12.4. The lowest BCUT2D eigenvalue weighted by molar-refractivity contribution is -0.116. The first-order chi connectivity index (χ1) is 9.59. The SMILES string of the molecule is Cc1cnccc1NC(=O)C(C(N)=S)c1ccccc1. The second-order valence-electron chi connectivity index (χ2n) is 4.43. The molecule has 0 bridgehead atoms. The van der Waals surface area contributed by atoms with Crippen LogP contribution in [0.4, 0.5) is 5.69 Å². The van der Waals surface area contributed by atoms with Gasteiger partial charge in [-0.3, -0.25) is 9.78 Å². The standard InChI is InChI=1S/C15H15N3OS/c1-10-9-17-8-7-12(10)18-15(19)13(14(16)20)11-5-3-2-4-6-11/h2-9,13H,1H3,(H2,16,20)(H,17,18,19). The van der Waals surface area contributed by atoms with Gasteiger partial charge in [-0.05, 0) is 24.1 Å². The average Bonchev–Trinajstić information content (AvgIpc) is 2.42. The number of nitrogens with one attached hydrogen (secondary N) is 1. The Kier molecular flexibility index (Phi) is 4.42. The van der Waals surface area contributed by atoms with Crippen LogP contribution in [0.25, 0.3) is 0 Å². The number of benzene rings is 1. The number of anilines is 1. The Balaban J connectivity index is 2.25. The van der Waals surface area contributed by atoms with Gasteiger partial charge < -0.3 is 11.1 Å². The third kappa shape index (κ3) is 3.19. The van der Waals surface area contributed by atoms with Crippen molar-refractivity contribution in [1.29, 1.82) is 0 Å². The summed E-state index contributed by atoms with van der Waals surface area (Å²) in [4.78, 5) is 16.5. The van der Waals surface area contributed by atoms with E-state index in [-0.39, 0.29) is 10.9 Å². The second-order valence-corrected chi connectivity index (χ2v) is 4.90. The molecule has 0 aliphatic carbocycles. The Bertz CT molecular complexity index is 628. The van der Waals surface area contributed by atoms with Gasteiger partial charge in [-0.15, -0.1) is 0 Å². The lowest BCUT2D eigenvalue weighted by Gasteiger charge is -2.16. The molecule has 2 aromatic rings. The van der Waals surface area contributed by atoms with E-state index in [0.717, 1.165) is 11.1 Å². The molecular weight excluding hydrogens is 270 g/mol. The summed E-state index contributed by atoms with van der Waals surface area (Å²) in [6.45, 7) is 1.88. The Morgan fingerprint density at radius 2 is 2.00 bits per heavy atom. The largest absolute Gasteiger partial charge is 0.392 e. The zero-order chi connectivity index (χ0) is 14.5. The molecule has 0 aliphatic rings. The highest BCUT2D eigenvalue weighted by Crippen LogP contribution is 2.20. The molecule has 1 atom stereocenters. The number of pyridine rings is 1. The third-order valence-corrected chi connectivity index (χ3v) is 3.19. The molecule has 1 aromatic carbocycles. The van der Waals surface area contributed by atoms with Crippen LogP contribution < -0.4 is 11.1 Å². The summed E-state index contributed by atoms with van der Waals surface area (Å²) in [6.07, 6.45) is 3.31. The first kappa shape index (κ1) is 14.1. The fourth-order valence-electron chi connectivity index (χ4n) is 1.91. The minimum atomic E-state index is -0.640. The smallest absolute Gasteiger partial charge is 0.238 e. The number of carbonyl (C=O) groups is 1. The third-order valence-electron chi connectivity index (χ3n) is 2.96. The average molecular weight is 285 g/mol. The topological polar surface area (TPSA) is 68.0 Å². The molecule has 20 heavy (non-hydrogen) atoms. The first-order valence-electron chi connectivity index (χ1n) is 6.15. The van der Waals surface area contributed by atoms with E-state index in [1.54, 1.807) is 18.5 Å². The Morgan fingerprint density at radius 1 is 1.30 bits per heavy atom. The summed E-state index contributed by atoms with van der Waals surface area (Å²) in [6, 6.07) is 11.0. The number of hydrogen-bond acceptors (Lipinski definition) is 3. The van der Waals surface area contributed by atoms with E-state index in [0.29, 0.717) is 5.69 Å². The van der Waals surface area contributed by atoms with Crippen molar-refractivity contribution in [2.24, 2.45) is 5.73 Å². The molecule has 4 nitrogen and oxygen atoms in total. The van der Waals surface area contributed by atoms with Crippen LogP contribution in [0.1, 0.15) is 17.0 Å². The fourth-order valence-corrected chi connectivity index (χ4v) is 2.15. The number of thiocarbonyl (C=S) groups is 1. The number of nitrogens with two attached hydrogens (primary N) is 1. The zero-order valence-corrected chi connectivity index (χ0v) is 11.9. The van der Waals surface area contributed by atoms with Crippen molar-refractivity contribution in [3.63, 3.8) is 0 Å². The molecule has 0 saturated carbocycles. The molecule has 0 aliphatic heterocycles. The van der Waals surface area contributed by atoms with Crippen LogP contribution in [0.15, 0.2) is 48.8 Å². The van der Waals surface area contributed by atoms with E-state index < -0.39 is 5.92 Å². The lowest BCUT2D eigenvalue weighted by Crippen LogP contribution is -2.31. The fraction of sp³-hybridized carbons (Fsp3) is 0.133. The molecule has 0 saturated heterocycles. The number of carbonyl (C=O) groups excluding carboxylic acids is 1. The van der Waals surface area contributed by atoms with Gasteiger partial charge in [0.15, 0.2) is 0 Å². The number of rotatable bonds is 4. The number of nitrogens with zero attached hydrogens (tertiary/aromatic N) is 1. The van der Waals surface area contributed by atoms with E-state index in [4.69, 9.17) is 18.0 Å². The Morgan fingerprint density at radius 3 is 2.60 bits per heavy atom. The quantitative estimate of drug-likeness (QED) is 0.846. The maximum Gasteiger partial charge on any atom is 0.238 e. The van der Waals surface area contributed by atoms with Crippen molar-refractivity contribution in [3.05, 3.63) is 59.9 Å². The highest BCUT2D eigenvalue weighted by Gasteiger charge is 2.23. The van der Waals surface area contributed by atoms with Gasteiger partial charge in [0.2, 0.25) is 5.91 Å². The van der Waals surface area contributed by atoms with E-state index in [1.165, 1.54) is 0 Å². The van der Waals surface area contributed by atoms with Crippen LogP contribution in [-0.4, -0.2) is 15.9 Å². The predicted molar refractivity (Wildman–Crippen MR) is 83.6 cm³/mol. The van der Waals surface area contributed by atoms with Crippen LogP contribution in [0.2, 0.25) is 0 Å². The van der Waals surface area contributed by atoms with Gasteiger partial charge in [0.05, 0.1) is 4.99 Å². The Hall–Kier alpha value is -2.27. The number of hydrogen-bond donors (Lipinski definition) is 2. The van der Waals surface area contributed by atoms with Gasteiger partial charge >= 0.3 is 0 Å². The van der Waals surface area contributed by atoms with E-state index in [1.807, 2.05) is 37.3 Å².